The van der Waals surface area contributed by atoms with Gasteiger partial charge >= 0.3 is 6.09 Å². The summed E-state index contributed by atoms with van der Waals surface area (Å²) < 4.78 is 5.55. The third-order valence-electron chi connectivity index (χ3n) is 12.2. The molecular weight excluding hydrogens is 791 g/mol. The molecule has 2 unspecified atom stereocenters. The van der Waals surface area contributed by atoms with Crippen molar-refractivity contribution in [2.45, 2.75) is 76.7 Å². The Hall–Kier alpha value is -4.12. The van der Waals surface area contributed by atoms with Gasteiger partial charge in [0.2, 0.25) is 0 Å². The Balaban J connectivity index is 0.000000171. The van der Waals surface area contributed by atoms with E-state index in [1.54, 1.807) is 0 Å². The van der Waals surface area contributed by atoms with Crippen LogP contribution < -0.4 is 10.6 Å². The number of benzene rings is 2. The molecule has 0 saturated carbocycles. The maximum Gasteiger partial charge on any atom is 0.410 e. The van der Waals surface area contributed by atoms with Crippen LogP contribution in [0.15, 0.2) is 73.1 Å². The lowest BCUT2D eigenvalue weighted by Crippen LogP contribution is -2.42. The smallest absolute Gasteiger partial charge is 0.410 e. The minimum atomic E-state index is -0.470. The fourth-order valence-corrected chi connectivity index (χ4v) is 9.61. The van der Waals surface area contributed by atoms with Crippen LogP contribution in [0.5, 0.6) is 0 Å². The minimum Gasteiger partial charge on any atom is -0.444 e. The van der Waals surface area contributed by atoms with E-state index >= 15 is 0 Å². The molecule has 2 atom stereocenters. The largest absolute Gasteiger partial charge is 0.444 e. The minimum absolute atomic E-state index is 0.189. The van der Waals surface area contributed by atoms with Crippen LogP contribution in [0, 0.1) is 11.8 Å². The Kier molecular flexibility index (Phi) is 16.3. The van der Waals surface area contributed by atoms with Crippen molar-refractivity contribution < 1.29 is 14.3 Å². The van der Waals surface area contributed by atoms with E-state index in [0.29, 0.717) is 30.8 Å². The number of halogens is 2. The number of piperazine rings is 1. The van der Waals surface area contributed by atoms with Crippen molar-refractivity contribution in [2.24, 2.45) is 11.8 Å². The fourth-order valence-electron chi connectivity index (χ4n) is 9.23. The van der Waals surface area contributed by atoms with Crippen LogP contribution in [0.1, 0.15) is 103 Å². The predicted molar refractivity (Wildman–Crippen MR) is 245 cm³/mol. The van der Waals surface area contributed by atoms with Crippen molar-refractivity contribution in [1.29, 1.82) is 0 Å². The maximum absolute atomic E-state index is 12.5. The van der Waals surface area contributed by atoms with E-state index in [2.05, 4.69) is 71.1 Å². The van der Waals surface area contributed by atoms with Gasteiger partial charge in [-0.25, -0.2) is 4.79 Å². The molecule has 3 aliphatic heterocycles. The number of pyridine rings is 2. The number of carbonyl (C=O) groups is 2. The molecule has 3 fully saturated rings. The first kappa shape index (κ1) is 45.4. The normalized spacial score (nSPS) is 20.3. The van der Waals surface area contributed by atoms with E-state index in [-0.39, 0.29) is 12.0 Å². The lowest BCUT2D eigenvalue weighted by molar-refractivity contribution is -0.0980. The summed E-state index contributed by atoms with van der Waals surface area (Å²) in [6, 6.07) is 21.0. The number of rotatable bonds is 2. The molecule has 2 N–H and O–H groups in total. The van der Waals surface area contributed by atoms with Crippen molar-refractivity contribution in [1.82, 2.24) is 30.4 Å². The molecular formula is C49H62Cl2N6O3. The monoisotopic (exact) mass is 852 g/mol. The fraction of sp³-hybridized carbons (Fsp3) is 0.469. The van der Waals surface area contributed by atoms with Gasteiger partial charge in [-0.3, -0.25) is 9.97 Å². The van der Waals surface area contributed by atoms with Crippen molar-refractivity contribution >= 4 is 48.2 Å². The van der Waals surface area contributed by atoms with Gasteiger partial charge < -0.3 is 30.0 Å². The number of likely N-dealkylation sites (tertiary alicyclic amines) is 1. The highest BCUT2D eigenvalue weighted by Gasteiger charge is 2.36. The van der Waals surface area contributed by atoms with Crippen LogP contribution in [0.3, 0.4) is 0 Å². The average Bonchev–Trinajstić information content (AvgIpc) is 3.52. The Bertz CT molecular complexity index is 2050. The zero-order valence-corrected chi connectivity index (χ0v) is 37.3. The lowest BCUT2D eigenvalue weighted by atomic mass is 9.76. The van der Waals surface area contributed by atoms with Gasteiger partial charge in [-0.15, -0.1) is 0 Å². The highest BCUT2D eigenvalue weighted by Crippen LogP contribution is 2.44. The summed E-state index contributed by atoms with van der Waals surface area (Å²) in [5.41, 5.74) is 9.78. The van der Waals surface area contributed by atoms with Crippen molar-refractivity contribution in [2.75, 3.05) is 59.4 Å². The molecule has 5 aliphatic rings. The number of nitrogens with one attached hydrogen (secondary N) is 2. The third kappa shape index (κ3) is 11.8. The molecule has 60 heavy (non-hydrogen) atoms. The van der Waals surface area contributed by atoms with Gasteiger partial charge in [0.05, 0.1) is 11.4 Å². The highest BCUT2D eigenvalue weighted by molar-refractivity contribution is 6.31. The lowest BCUT2D eigenvalue weighted by Gasteiger charge is -2.37. The average molecular weight is 854 g/mol. The molecule has 9 rings (SSSR count). The number of amides is 1. The second-order valence-corrected chi connectivity index (χ2v) is 18.2. The molecule has 320 valence electrons. The van der Waals surface area contributed by atoms with Crippen LogP contribution in [0.4, 0.5) is 4.79 Å². The SMILES string of the molecule is C=O.CC(C)(C)OC(=O)N1CCC(C2c3ccc(Cl)cc3C=Cc3cccnc32)CC1.CN1CCNCC1.Clc1ccc2c(c1)CCc1cccnc1C2C1CCNCC1. The van der Waals surface area contributed by atoms with E-state index in [1.807, 2.05) is 69.1 Å². The number of hydrogen-bond donors (Lipinski definition) is 2. The van der Waals surface area contributed by atoms with E-state index in [0.717, 1.165) is 78.7 Å². The summed E-state index contributed by atoms with van der Waals surface area (Å²) in [5.74, 6) is 1.69. The van der Waals surface area contributed by atoms with E-state index in [9.17, 15) is 4.79 Å². The summed E-state index contributed by atoms with van der Waals surface area (Å²) in [7, 11) is 2.15. The molecule has 2 aromatic carbocycles. The molecule has 9 nitrogen and oxygen atoms in total. The zero-order valence-electron chi connectivity index (χ0n) is 35.8. The van der Waals surface area contributed by atoms with Crippen LogP contribution in [0.2, 0.25) is 10.0 Å². The number of fused-ring (bicyclic) bond motifs is 4. The van der Waals surface area contributed by atoms with Crippen molar-refractivity contribution in [3.8, 4) is 0 Å². The van der Waals surface area contributed by atoms with Gasteiger partial charge in [-0.1, -0.05) is 59.6 Å². The Morgan fingerprint density at radius 2 is 1.27 bits per heavy atom. The number of likely N-dealkylation sites (N-methyl/N-ethyl adjacent to an activating group) is 1. The zero-order chi connectivity index (χ0) is 42.6. The van der Waals surface area contributed by atoms with Crippen LogP contribution in [-0.2, 0) is 22.4 Å². The number of nitrogens with zero attached hydrogens (tertiary/aromatic N) is 4. The standard InChI is InChI=1S/C24H27ClN2O2.C19H21ClN2.C5H12N2.CH2O/c1-24(2,3)29-23(28)27-13-10-16(11-14-27)21-20-9-8-19(25)15-18(20)7-6-17-5-4-12-26-22(17)21;20-16-5-6-17-15(12-16)4-3-14-2-1-9-22-19(14)18(17)13-7-10-21-11-8-13;1-7-4-2-6-3-5-7;1-2/h4-9,12,15-16,21H,10-11,13-14H2,1-3H3;1-2,5-6,9,12-13,18,21H,3-4,7-8,10-11H2;6H,2-5H2,1H3;1H2. The number of piperidine rings is 2. The van der Waals surface area contributed by atoms with Gasteiger partial charge in [-0.05, 0) is 161 Å². The Labute approximate surface area is 367 Å². The van der Waals surface area contributed by atoms with E-state index in [1.165, 1.54) is 53.9 Å². The summed E-state index contributed by atoms with van der Waals surface area (Å²) in [6.07, 6.45) is 14.3. The van der Waals surface area contributed by atoms with Crippen molar-refractivity contribution in [3.05, 3.63) is 128 Å². The number of hydrogen-bond acceptors (Lipinski definition) is 8. The molecule has 0 spiro atoms. The van der Waals surface area contributed by atoms with E-state index in [4.69, 9.17) is 42.7 Å². The molecule has 2 aliphatic carbocycles. The topological polar surface area (TPSA) is 99.7 Å². The molecule has 2 aromatic heterocycles. The van der Waals surface area contributed by atoms with Gasteiger partial charge in [0.1, 0.15) is 12.4 Å². The second kappa shape index (κ2) is 21.6. The summed E-state index contributed by atoms with van der Waals surface area (Å²) in [4.78, 5) is 34.2. The first-order valence-electron chi connectivity index (χ1n) is 21.6. The van der Waals surface area contributed by atoms with Crippen LogP contribution in [-0.4, -0.2) is 97.7 Å². The van der Waals surface area contributed by atoms with Crippen molar-refractivity contribution in [3.63, 3.8) is 0 Å². The van der Waals surface area contributed by atoms with Crippen LogP contribution in [0.25, 0.3) is 12.2 Å². The Morgan fingerprint density at radius 3 is 1.93 bits per heavy atom. The second-order valence-electron chi connectivity index (χ2n) is 17.4. The van der Waals surface area contributed by atoms with E-state index < -0.39 is 5.60 Å². The van der Waals surface area contributed by atoms with Gasteiger partial charge in [0, 0.05) is 73.5 Å². The summed E-state index contributed by atoms with van der Waals surface area (Å²) >= 11 is 12.5. The van der Waals surface area contributed by atoms with Gasteiger partial charge in [0.25, 0.3) is 0 Å². The molecule has 1 amide bonds. The third-order valence-corrected chi connectivity index (χ3v) is 12.6. The van der Waals surface area contributed by atoms with Gasteiger partial charge in [-0.2, -0.15) is 0 Å². The van der Waals surface area contributed by atoms with Crippen LogP contribution >= 0.6 is 23.2 Å². The number of carbonyl (C=O) groups excluding carboxylic acids is 2. The molecule has 5 heterocycles. The highest BCUT2D eigenvalue weighted by atomic mass is 35.5. The predicted octanol–water partition coefficient (Wildman–Crippen LogP) is 9.30. The molecule has 3 saturated heterocycles. The number of aryl methyl sites for hydroxylation is 2. The maximum atomic E-state index is 12.5. The molecule has 0 radical (unpaired) electrons. The molecule has 0 bridgehead atoms. The first-order valence-corrected chi connectivity index (χ1v) is 22.3. The Morgan fingerprint density at radius 1 is 0.700 bits per heavy atom. The number of aromatic nitrogens is 2. The first-order chi connectivity index (χ1) is 29.0. The summed E-state index contributed by atoms with van der Waals surface area (Å²) in [5, 5.41) is 8.35. The van der Waals surface area contributed by atoms with Gasteiger partial charge in [0.15, 0.2) is 0 Å². The summed E-state index contributed by atoms with van der Waals surface area (Å²) in [6.45, 7) is 16.1. The molecule has 4 aromatic rings. The molecule has 11 heteroatoms. The quantitative estimate of drug-likeness (QED) is 0.206. The number of ether oxygens (including phenoxy) is 1.